The van der Waals surface area contributed by atoms with E-state index in [9.17, 15) is 40.3 Å². The van der Waals surface area contributed by atoms with Crippen molar-refractivity contribution in [3.05, 3.63) is 65.2 Å². The molecule has 2 N–H and O–H groups in total. The Hall–Kier alpha value is -3.11. The predicted octanol–water partition coefficient (Wildman–Crippen LogP) is 4.59. The van der Waals surface area contributed by atoms with Gasteiger partial charge in [-0.15, -0.1) is 0 Å². The Morgan fingerprint density at radius 3 is 1.59 bits per heavy atom. The van der Waals surface area contributed by atoms with Crippen molar-refractivity contribution in [1.29, 1.82) is 0 Å². The van der Waals surface area contributed by atoms with E-state index in [0.717, 1.165) is 0 Å². The minimum atomic E-state index is -6.23. The largest absolute Gasteiger partial charge is 0.435 e. The van der Waals surface area contributed by atoms with Crippen molar-refractivity contribution in [1.82, 2.24) is 5.32 Å². The van der Waals surface area contributed by atoms with E-state index in [1.54, 1.807) is 0 Å². The lowest BCUT2D eigenvalue weighted by molar-refractivity contribution is -0.348. The van der Waals surface area contributed by atoms with Crippen LogP contribution in [0.1, 0.15) is 26.3 Å². The third-order valence-corrected chi connectivity index (χ3v) is 3.97. The minimum Gasteiger partial charge on any atom is -0.355 e. The van der Waals surface area contributed by atoms with Gasteiger partial charge in [-0.3, -0.25) is 9.59 Å². The molecule has 2 amide bonds. The van der Waals surface area contributed by atoms with Crippen LogP contribution in [0.2, 0.25) is 0 Å². The highest BCUT2D eigenvalue weighted by atomic mass is 19.4. The maximum atomic E-state index is 14.0. The number of nitrogens with one attached hydrogen (secondary N) is 2. The van der Waals surface area contributed by atoms with Gasteiger partial charge in [-0.25, -0.2) is 4.39 Å². The van der Waals surface area contributed by atoms with Crippen molar-refractivity contribution < 1.29 is 40.3 Å². The van der Waals surface area contributed by atoms with Crippen molar-refractivity contribution in [2.75, 3.05) is 12.4 Å². The van der Waals surface area contributed by atoms with Gasteiger partial charge in [0.15, 0.2) is 0 Å². The lowest BCUT2D eigenvalue weighted by Crippen LogP contribution is -2.50. The van der Waals surface area contributed by atoms with Crippen LogP contribution < -0.4 is 10.6 Å². The highest BCUT2D eigenvalue weighted by molar-refractivity contribution is 6.12. The first-order chi connectivity index (χ1) is 13.3. The number of carbonyl (C=O) groups excluding carboxylic acids is 2. The van der Waals surface area contributed by atoms with Crippen LogP contribution in [-0.2, 0) is 5.67 Å². The molecule has 0 bridgehead atoms. The quantitative estimate of drug-likeness (QED) is 0.709. The molecule has 11 heteroatoms. The number of hydrogen-bond donors (Lipinski definition) is 2. The van der Waals surface area contributed by atoms with E-state index in [1.165, 1.54) is 31.3 Å². The zero-order valence-corrected chi connectivity index (χ0v) is 14.6. The van der Waals surface area contributed by atoms with Gasteiger partial charge in [0, 0.05) is 18.3 Å². The van der Waals surface area contributed by atoms with E-state index >= 15 is 0 Å². The summed E-state index contributed by atoms with van der Waals surface area (Å²) in [6.07, 6.45) is -12.5. The molecule has 0 spiro atoms. The van der Waals surface area contributed by atoms with Gasteiger partial charge >= 0.3 is 18.0 Å². The van der Waals surface area contributed by atoms with Gasteiger partial charge in [0.2, 0.25) is 0 Å². The van der Waals surface area contributed by atoms with Crippen LogP contribution in [0.25, 0.3) is 0 Å². The fourth-order valence-corrected chi connectivity index (χ4v) is 2.48. The zero-order chi connectivity index (χ0) is 22.0. The Bertz CT molecular complexity index is 892. The van der Waals surface area contributed by atoms with Crippen molar-refractivity contribution >= 4 is 17.5 Å². The summed E-state index contributed by atoms with van der Waals surface area (Å²) in [7, 11) is 1.33. The van der Waals surface area contributed by atoms with Gasteiger partial charge in [-0.1, -0.05) is 24.3 Å². The second-order valence-electron chi connectivity index (χ2n) is 5.81. The SMILES string of the molecule is CNC(=O)c1ccccc1C(=O)Nc1ccc(C(F)(C(F)(F)F)C(F)(F)F)cc1. The van der Waals surface area contributed by atoms with Crippen LogP contribution in [0.5, 0.6) is 0 Å². The molecule has 0 fully saturated rings. The molecule has 0 aliphatic carbocycles. The second-order valence-corrected chi connectivity index (χ2v) is 5.81. The molecule has 4 nitrogen and oxygen atoms in total. The Kier molecular flexibility index (Phi) is 5.91. The Morgan fingerprint density at radius 2 is 1.17 bits per heavy atom. The van der Waals surface area contributed by atoms with Crippen LogP contribution in [0.15, 0.2) is 48.5 Å². The Balaban J connectivity index is 2.33. The molecule has 2 rings (SSSR count). The molecule has 0 atom stereocenters. The first kappa shape index (κ1) is 22.2. The molecule has 0 unspecified atom stereocenters. The standard InChI is InChI=1S/C18H13F7N2O2/c1-26-14(28)12-4-2-3-5-13(12)15(29)27-11-8-6-10(7-9-11)16(19,17(20,21)22)18(23,24)25/h2-9H,1H3,(H,26,28)(H,27,29). The van der Waals surface area contributed by atoms with Crippen molar-refractivity contribution in [3.63, 3.8) is 0 Å². The maximum Gasteiger partial charge on any atom is 0.435 e. The normalized spacial score (nSPS) is 12.4. The predicted molar refractivity (Wildman–Crippen MR) is 89.1 cm³/mol. The van der Waals surface area contributed by atoms with Gasteiger partial charge in [0.05, 0.1) is 11.1 Å². The maximum absolute atomic E-state index is 14.0. The third kappa shape index (κ3) is 4.17. The van der Waals surface area contributed by atoms with Crippen molar-refractivity contribution in [3.8, 4) is 0 Å². The van der Waals surface area contributed by atoms with Gasteiger partial charge in [0.1, 0.15) is 0 Å². The van der Waals surface area contributed by atoms with Crippen molar-refractivity contribution in [2.24, 2.45) is 0 Å². The number of benzene rings is 2. The number of amides is 2. The van der Waals surface area contributed by atoms with Gasteiger partial charge in [-0.2, -0.15) is 26.3 Å². The second kappa shape index (κ2) is 7.72. The number of hydrogen-bond acceptors (Lipinski definition) is 2. The van der Waals surface area contributed by atoms with E-state index in [2.05, 4.69) is 10.6 Å². The molecule has 0 aliphatic rings. The molecule has 29 heavy (non-hydrogen) atoms. The fraction of sp³-hybridized carbons (Fsp3) is 0.222. The summed E-state index contributed by atoms with van der Waals surface area (Å²) in [5, 5.41) is 4.55. The number of halogens is 7. The molecule has 0 radical (unpaired) electrons. The average Bonchev–Trinajstić information content (AvgIpc) is 2.65. The number of rotatable bonds is 4. The smallest absolute Gasteiger partial charge is 0.355 e. The van der Waals surface area contributed by atoms with Crippen molar-refractivity contribution in [2.45, 2.75) is 18.0 Å². The van der Waals surface area contributed by atoms with E-state index in [-0.39, 0.29) is 28.9 Å². The topological polar surface area (TPSA) is 58.2 Å². The van der Waals surface area contributed by atoms with Crippen LogP contribution >= 0.6 is 0 Å². The Morgan fingerprint density at radius 1 is 0.724 bits per heavy atom. The molecule has 0 aromatic heterocycles. The first-order valence-corrected chi connectivity index (χ1v) is 7.88. The molecular weight excluding hydrogens is 409 g/mol. The molecule has 0 saturated carbocycles. The minimum absolute atomic E-state index is 0.000961. The van der Waals surface area contributed by atoms with E-state index in [1.807, 2.05) is 0 Å². The van der Waals surface area contributed by atoms with Crippen LogP contribution in [-0.4, -0.2) is 31.2 Å². The lowest BCUT2D eigenvalue weighted by atomic mass is 9.94. The summed E-state index contributed by atoms with van der Waals surface area (Å²) in [6, 6.07) is 7.54. The molecule has 2 aromatic rings. The molecule has 0 aliphatic heterocycles. The summed E-state index contributed by atoms with van der Waals surface area (Å²) in [4.78, 5) is 24.1. The number of carbonyl (C=O) groups is 2. The molecule has 2 aromatic carbocycles. The summed E-state index contributed by atoms with van der Waals surface area (Å²) in [5.74, 6) is -1.42. The van der Waals surface area contributed by atoms with Crippen LogP contribution in [0.4, 0.5) is 36.4 Å². The monoisotopic (exact) mass is 422 g/mol. The molecular formula is C18H13F7N2O2. The number of alkyl halides is 7. The Labute approximate surface area is 159 Å². The van der Waals surface area contributed by atoms with Gasteiger partial charge in [0.25, 0.3) is 11.8 Å². The highest BCUT2D eigenvalue weighted by Crippen LogP contribution is 2.53. The fourth-order valence-electron chi connectivity index (χ4n) is 2.48. The third-order valence-electron chi connectivity index (χ3n) is 3.97. The van der Waals surface area contributed by atoms with E-state index in [0.29, 0.717) is 12.1 Å². The summed E-state index contributed by atoms with van der Waals surface area (Å²) in [5.41, 5.74) is -7.52. The van der Waals surface area contributed by atoms with Gasteiger partial charge in [-0.05, 0) is 24.3 Å². The van der Waals surface area contributed by atoms with Gasteiger partial charge < -0.3 is 10.6 Å². The summed E-state index contributed by atoms with van der Waals surface area (Å²) >= 11 is 0. The lowest BCUT2D eigenvalue weighted by Gasteiger charge is -2.30. The molecule has 156 valence electrons. The molecule has 0 saturated heterocycles. The highest BCUT2D eigenvalue weighted by Gasteiger charge is 2.73. The van der Waals surface area contributed by atoms with Crippen LogP contribution in [0, 0.1) is 0 Å². The van der Waals surface area contributed by atoms with E-state index in [4.69, 9.17) is 0 Å². The summed E-state index contributed by atoms with van der Waals surface area (Å²) in [6.45, 7) is 0. The molecule has 0 heterocycles. The van der Waals surface area contributed by atoms with Crippen LogP contribution in [0.3, 0.4) is 0 Å². The zero-order valence-electron chi connectivity index (χ0n) is 14.6. The first-order valence-electron chi connectivity index (χ1n) is 7.88. The average molecular weight is 422 g/mol. The summed E-state index contributed by atoms with van der Waals surface area (Å²) < 4.78 is 90.6. The van der Waals surface area contributed by atoms with E-state index < -0.39 is 35.4 Å². The number of anilines is 1.